The van der Waals surface area contributed by atoms with Crippen molar-refractivity contribution in [3.05, 3.63) is 132 Å². The molecule has 1 aliphatic carbocycles. The van der Waals surface area contributed by atoms with Crippen molar-refractivity contribution in [1.82, 2.24) is 19.5 Å². The predicted octanol–water partition coefficient (Wildman–Crippen LogP) is 9.20. The number of hydrogen-bond donors (Lipinski definition) is 0. The molecule has 0 spiro atoms. The molecule has 3 aliphatic rings. The Kier molecular flexibility index (Phi) is 4.64. The van der Waals surface area contributed by atoms with Gasteiger partial charge in [-0.25, -0.2) is 15.0 Å². The summed E-state index contributed by atoms with van der Waals surface area (Å²) >= 11 is 0. The van der Waals surface area contributed by atoms with Crippen LogP contribution in [-0.2, 0) is 5.41 Å². The molecule has 198 valence electrons. The Morgan fingerprint density at radius 2 is 1.24 bits per heavy atom. The normalized spacial score (nSPS) is 13.7. The summed E-state index contributed by atoms with van der Waals surface area (Å²) < 4.78 is 2.13. The Bertz CT molecular complexity index is 2340. The maximum Gasteiger partial charge on any atom is 0.237 e. The summed E-state index contributed by atoms with van der Waals surface area (Å²) in [4.78, 5) is 15.6. The largest absolute Gasteiger partial charge is 0.262 e. The van der Waals surface area contributed by atoms with Crippen molar-refractivity contribution in [2.45, 2.75) is 19.3 Å². The fourth-order valence-corrected chi connectivity index (χ4v) is 6.93. The van der Waals surface area contributed by atoms with E-state index in [2.05, 4.69) is 128 Å². The Labute approximate surface area is 243 Å². The summed E-state index contributed by atoms with van der Waals surface area (Å²) in [6.07, 6.45) is 0. The van der Waals surface area contributed by atoms with E-state index in [1.165, 1.54) is 22.3 Å². The summed E-state index contributed by atoms with van der Waals surface area (Å²) in [5.74, 6) is 1.48. The van der Waals surface area contributed by atoms with E-state index in [9.17, 15) is 0 Å². The number of benzene rings is 5. The minimum absolute atomic E-state index is 0.0938. The SMILES string of the molecule is CC1(C)c2ccccc2-c2ccc(-c3nc(-n4c5nc6ccccc6c-5cc5ccccc54)nc4ccccc34)cc21. The van der Waals surface area contributed by atoms with Gasteiger partial charge in [0.25, 0.3) is 0 Å². The van der Waals surface area contributed by atoms with Gasteiger partial charge in [0.1, 0.15) is 5.82 Å². The number of nitrogens with zero attached hydrogens (tertiary/aromatic N) is 4. The van der Waals surface area contributed by atoms with Crippen LogP contribution in [0.15, 0.2) is 121 Å². The maximum atomic E-state index is 5.35. The first-order valence-electron chi connectivity index (χ1n) is 14.4. The summed E-state index contributed by atoms with van der Waals surface area (Å²) in [7, 11) is 0. The molecule has 4 nitrogen and oxygen atoms in total. The van der Waals surface area contributed by atoms with Crippen molar-refractivity contribution in [2.75, 3.05) is 0 Å². The van der Waals surface area contributed by atoms with Gasteiger partial charge in [-0.15, -0.1) is 0 Å². The lowest BCUT2D eigenvalue weighted by atomic mass is 9.82. The summed E-state index contributed by atoms with van der Waals surface area (Å²) in [5, 5.41) is 3.29. The van der Waals surface area contributed by atoms with Crippen LogP contribution in [0, 0.1) is 0 Å². The van der Waals surface area contributed by atoms with Crippen molar-refractivity contribution < 1.29 is 0 Å². The van der Waals surface area contributed by atoms with Gasteiger partial charge >= 0.3 is 0 Å². The van der Waals surface area contributed by atoms with Crippen molar-refractivity contribution in [2.24, 2.45) is 0 Å². The van der Waals surface area contributed by atoms with Crippen LogP contribution in [0.5, 0.6) is 0 Å². The van der Waals surface area contributed by atoms with Crippen molar-refractivity contribution in [3.8, 4) is 39.7 Å². The molecule has 0 bridgehead atoms. The lowest BCUT2D eigenvalue weighted by Crippen LogP contribution is -2.15. The molecular formula is C38H26N4. The second-order valence-electron chi connectivity index (χ2n) is 11.7. The number of hydrogen-bond acceptors (Lipinski definition) is 3. The zero-order valence-corrected chi connectivity index (χ0v) is 23.3. The Balaban J connectivity index is 1.34. The highest BCUT2D eigenvalue weighted by atomic mass is 15.2. The van der Waals surface area contributed by atoms with E-state index < -0.39 is 0 Å². The van der Waals surface area contributed by atoms with Crippen LogP contribution < -0.4 is 0 Å². The maximum absolute atomic E-state index is 5.35. The molecule has 9 rings (SSSR count). The standard InChI is InChI=1S/C38H26N4/c1-38(2)30-15-7-4-12-25(30)26-20-19-24(22-31(26)38)35-28-14-6-9-17-33(28)40-37(41-35)42-34-18-10-3-11-23(34)21-29-27-13-5-8-16-32(27)39-36(29)42/h3-22H,1-2H3. The third-order valence-electron chi connectivity index (χ3n) is 9.00. The van der Waals surface area contributed by atoms with E-state index in [0.717, 1.165) is 55.4 Å². The van der Waals surface area contributed by atoms with Gasteiger partial charge in [-0.1, -0.05) is 105 Å². The highest BCUT2D eigenvalue weighted by Crippen LogP contribution is 2.49. The molecule has 0 fully saturated rings. The molecule has 42 heavy (non-hydrogen) atoms. The molecule has 0 saturated carbocycles. The second-order valence-corrected chi connectivity index (χ2v) is 11.7. The first-order valence-corrected chi connectivity index (χ1v) is 14.4. The van der Waals surface area contributed by atoms with Gasteiger partial charge in [-0.2, -0.15) is 0 Å². The second kappa shape index (κ2) is 8.34. The summed E-state index contributed by atoms with van der Waals surface area (Å²) in [6.45, 7) is 4.64. The van der Waals surface area contributed by atoms with Gasteiger partial charge in [0.2, 0.25) is 5.95 Å². The van der Waals surface area contributed by atoms with Crippen LogP contribution in [0.2, 0.25) is 0 Å². The first kappa shape index (κ1) is 23.4. The molecule has 0 N–H and O–H groups in total. The third-order valence-corrected chi connectivity index (χ3v) is 9.00. The van der Waals surface area contributed by atoms with Crippen LogP contribution >= 0.6 is 0 Å². The predicted molar refractivity (Wildman–Crippen MR) is 171 cm³/mol. The molecule has 0 unspecified atom stereocenters. The van der Waals surface area contributed by atoms with Crippen molar-refractivity contribution in [3.63, 3.8) is 0 Å². The molecular weight excluding hydrogens is 512 g/mol. The first-order chi connectivity index (χ1) is 20.6. The topological polar surface area (TPSA) is 43.6 Å². The number of fused-ring (bicyclic) bond motifs is 8. The summed E-state index contributed by atoms with van der Waals surface area (Å²) in [6, 6.07) is 42.9. The number of aromatic nitrogens is 4. The Morgan fingerprint density at radius 1 is 0.548 bits per heavy atom. The van der Waals surface area contributed by atoms with E-state index in [4.69, 9.17) is 15.0 Å². The Morgan fingerprint density at radius 3 is 2.12 bits per heavy atom. The minimum Gasteiger partial charge on any atom is -0.262 e. The molecule has 1 aromatic heterocycles. The zero-order chi connectivity index (χ0) is 28.0. The fourth-order valence-electron chi connectivity index (χ4n) is 6.93. The summed E-state index contributed by atoms with van der Waals surface area (Å²) in [5.41, 5.74) is 11.2. The van der Waals surface area contributed by atoms with Gasteiger partial charge in [0.05, 0.1) is 22.2 Å². The molecule has 2 aliphatic heterocycles. The van der Waals surface area contributed by atoms with Gasteiger partial charge in [0.15, 0.2) is 0 Å². The lowest BCUT2D eigenvalue weighted by molar-refractivity contribution is 0.660. The van der Waals surface area contributed by atoms with Gasteiger partial charge < -0.3 is 0 Å². The van der Waals surface area contributed by atoms with Crippen molar-refractivity contribution >= 4 is 32.7 Å². The van der Waals surface area contributed by atoms with Crippen LogP contribution in [0.25, 0.3) is 72.4 Å². The Hall–Kier alpha value is -5.35. The molecule has 4 heteroatoms. The average molecular weight is 539 g/mol. The quantitative estimate of drug-likeness (QED) is 0.220. The number of para-hydroxylation sites is 3. The molecule has 0 atom stereocenters. The molecule has 3 heterocycles. The van der Waals surface area contributed by atoms with Gasteiger partial charge in [-0.3, -0.25) is 4.57 Å². The van der Waals surface area contributed by atoms with Gasteiger partial charge in [0, 0.05) is 27.3 Å². The zero-order valence-electron chi connectivity index (χ0n) is 23.3. The number of rotatable bonds is 2. The van der Waals surface area contributed by atoms with Crippen LogP contribution in [-0.4, -0.2) is 19.5 Å². The lowest BCUT2D eigenvalue weighted by Gasteiger charge is -2.22. The van der Waals surface area contributed by atoms with Crippen LogP contribution in [0.1, 0.15) is 25.0 Å². The van der Waals surface area contributed by atoms with Crippen LogP contribution in [0.4, 0.5) is 0 Å². The van der Waals surface area contributed by atoms with Gasteiger partial charge in [-0.05, 0) is 58.0 Å². The van der Waals surface area contributed by atoms with Crippen LogP contribution in [0.3, 0.4) is 0 Å². The fraction of sp³-hybridized carbons (Fsp3) is 0.0789. The molecule has 5 aromatic carbocycles. The van der Waals surface area contributed by atoms with Crippen molar-refractivity contribution in [1.29, 1.82) is 0 Å². The minimum atomic E-state index is -0.0938. The molecule has 0 saturated heterocycles. The highest BCUT2D eigenvalue weighted by Gasteiger charge is 2.35. The monoisotopic (exact) mass is 538 g/mol. The molecule has 0 radical (unpaired) electrons. The van der Waals surface area contributed by atoms with E-state index in [1.807, 2.05) is 12.1 Å². The van der Waals surface area contributed by atoms with E-state index in [0.29, 0.717) is 5.95 Å². The smallest absolute Gasteiger partial charge is 0.237 e. The highest BCUT2D eigenvalue weighted by molar-refractivity contribution is 6.02. The van der Waals surface area contributed by atoms with E-state index in [1.54, 1.807) is 0 Å². The molecule has 6 aromatic rings. The average Bonchev–Trinajstić information content (AvgIpc) is 3.51. The van der Waals surface area contributed by atoms with E-state index in [-0.39, 0.29) is 5.41 Å². The van der Waals surface area contributed by atoms with E-state index >= 15 is 0 Å². The number of pyridine rings is 1. The molecule has 0 amide bonds. The third kappa shape index (κ3) is 3.15.